The molecule has 202 valence electrons. The molecule has 2 heterocycles. The third kappa shape index (κ3) is 3.09. The van der Waals surface area contributed by atoms with Crippen molar-refractivity contribution in [2.75, 3.05) is 14.1 Å². The number of furan rings is 1. The number of hydrogen-bond acceptors (Lipinski definition) is 8. The molecular weight excluding hydrogens is 506 g/mol. The predicted molar refractivity (Wildman–Crippen MR) is 139 cm³/mol. The van der Waals surface area contributed by atoms with E-state index in [4.69, 9.17) is 13.9 Å². The Labute approximate surface area is 226 Å². The fourth-order valence-corrected chi connectivity index (χ4v) is 9.47. The Kier molecular flexibility index (Phi) is 5.51. The molecule has 0 N–H and O–H groups in total. The van der Waals surface area contributed by atoms with Gasteiger partial charge in [-0.15, -0.1) is 0 Å². The second-order valence-electron chi connectivity index (χ2n) is 12.2. The molecule has 38 heavy (non-hydrogen) atoms. The van der Waals surface area contributed by atoms with E-state index in [1.165, 1.54) is 17.2 Å². The van der Waals surface area contributed by atoms with Crippen molar-refractivity contribution in [3.63, 3.8) is 0 Å². The van der Waals surface area contributed by atoms with Crippen molar-refractivity contribution in [2.24, 2.45) is 28.6 Å². The average Bonchev–Trinajstić information content (AvgIpc) is 3.22. The summed E-state index contributed by atoms with van der Waals surface area (Å²) in [4.78, 5) is 53.8. The Bertz CT molecular complexity index is 1300. The number of carbonyl (C=O) groups is 4. The summed E-state index contributed by atoms with van der Waals surface area (Å²) in [5.74, 6) is -0.876. The predicted octanol–water partition coefficient (Wildman–Crippen LogP) is 4.80. The second-order valence-corrected chi connectivity index (χ2v) is 13.1. The topological polar surface area (TPSA) is 106 Å². The van der Waals surface area contributed by atoms with Crippen molar-refractivity contribution >= 4 is 33.9 Å². The normalized spacial score (nSPS) is 42.2. The average molecular weight is 540 g/mol. The molecule has 4 aliphatic carbocycles. The molecule has 0 bridgehead atoms. The third-order valence-corrected chi connectivity index (χ3v) is 11.3. The van der Waals surface area contributed by atoms with Gasteiger partial charge in [-0.25, -0.2) is 4.79 Å². The Balaban J connectivity index is 1.43. The maximum atomic E-state index is 14.2. The number of amides is 1. The molecule has 1 spiro atoms. The van der Waals surface area contributed by atoms with Gasteiger partial charge in [0.1, 0.15) is 5.60 Å². The Morgan fingerprint density at radius 2 is 1.95 bits per heavy atom. The van der Waals surface area contributed by atoms with Crippen LogP contribution in [0.15, 0.2) is 46.6 Å². The highest BCUT2D eigenvalue weighted by molar-refractivity contribution is 8.26. The second kappa shape index (κ2) is 8.18. The first kappa shape index (κ1) is 25.6. The minimum Gasteiger partial charge on any atom is -0.457 e. The number of nitrogens with zero attached hydrogens (tertiary/aromatic N) is 1. The van der Waals surface area contributed by atoms with Gasteiger partial charge in [0.15, 0.2) is 11.4 Å². The molecule has 1 amide bonds. The number of ether oxygens (including phenoxy) is 2. The number of fused-ring (bicyclic) bond motifs is 3. The third-order valence-electron chi connectivity index (χ3n) is 10.3. The fraction of sp³-hybridized carbons (Fsp3) is 0.586. The number of carbonyl (C=O) groups excluding carboxylic acids is 4. The van der Waals surface area contributed by atoms with Crippen LogP contribution in [0, 0.1) is 28.6 Å². The van der Waals surface area contributed by atoms with Gasteiger partial charge in [0, 0.05) is 42.6 Å². The summed E-state index contributed by atoms with van der Waals surface area (Å²) in [6.07, 6.45) is 9.42. The number of esters is 1. The number of thioether (sulfide) groups is 1. The minimum absolute atomic E-state index is 0.0108. The lowest BCUT2D eigenvalue weighted by molar-refractivity contribution is -0.156. The van der Waals surface area contributed by atoms with E-state index in [1.54, 1.807) is 32.3 Å². The number of epoxide rings is 1. The molecule has 9 heteroatoms. The summed E-state index contributed by atoms with van der Waals surface area (Å²) >= 11 is 0.603. The maximum Gasteiger partial charge on any atom is 0.375 e. The molecule has 0 radical (unpaired) electrons. The summed E-state index contributed by atoms with van der Waals surface area (Å²) in [7, 11) is 3.19. The quantitative estimate of drug-likeness (QED) is 0.398. The molecule has 8 nitrogen and oxygen atoms in total. The molecule has 1 saturated heterocycles. The van der Waals surface area contributed by atoms with E-state index in [2.05, 4.69) is 6.92 Å². The summed E-state index contributed by atoms with van der Waals surface area (Å²) < 4.78 is 18.2. The van der Waals surface area contributed by atoms with Crippen LogP contribution in [-0.4, -0.2) is 58.4 Å². The van der Waals surface area contributed by atoms with E-state index in [0.29, 0.717) is 24.6 Å². The SMILES string of the molecule is C[C@@H]1CC2C3CCC4=CC(=O)C=C[C@]4(C)[C@@]34O[C@H]4C[C@]2(C)[C@@]1(OC(=O)c1ccco1)C(=O)SC(=O)N(C)C. The Morgan fingerprint density at radius 1 is 1.18 bits per heavy atom. The zero-order valence-corrected chi connectivity index (χ0v) is 23.1. The largest absolute Gasteiger partial charge is 0.457 e. The lowest BCUT2D eigenvalue weighted by Gasteiger charge is -2.56. The molecule has 0 aromatic carbocycles. The van der Waals surface area contributed by atoms with Crippen LogP contribution in [0.1, 0.15) is 57.0 Å². The molecule has 2 unspecified atom stereocenters. The Morgan fingerprint density at radius 3 is 2.63 bits per heavy atom. The lowest BCUT2D eigenvalue weighted by atomic mass is 9.47. The van der Waals surface area contributed by atoms with Crippen LogP contribution in [0.25, 0.3) is 0 Å². The monoisotopic (exact) mass is 539 g/mol. The number of ketones is 1. The van der Waals surface area contributed by atoms with Gasteiger partial charge in [-0.05, 0) is 68.7 Å². The zero-order valence-electron chi connectivity index (χ0n) is 22.3. The van der Waals surface area contributed by atoms with E-state index in [0.717, 1.165) is 18.4 Å². The summed E-state index contributed by atoms with van der Waals surface area (Å²) in [5, 5.41) is -0.861. The first-order valence-corrected chi connectivity index (χ1v) is 14.0. The summed E-state index contributed by atoms with van der Waals surface area (Å²) in [6.45, 7) is 6.15. The van der Waals surface area contributed by atoms with Crippen LogP contribution in [-0.2, 0) is 19.1 Å². The first-order valence-electron chi connectivity index (χ1n) is 13.2. The van der Waals surface area contributed by atoms with Crippen molar-refractivity contribution in [2.45, 2.75) is 63.8 Å². The molecule has 1 aliphatic heterocycles. The van der Waals surface area contributed by atoms with Gasteiger partial charge >= 0.3 is 5.97 Å². The fourth-order valence-electron chi connectivity index (χ4n) is 8.50. The minimum atomic E-state index is -1.54. The van der Waals surface area contributed by atoms with Crippen molar-refractivity contribution in [3.8, 4) is 0 Å². The van der Waals surface area contributed by atoms with Crippen LogP contribution >= 0.6 is 11.8 Å². The van der Waals surface area contributed by atoms with Gasteiger partial charge in [-0.3, -0.25) is 14.4 Å². The smallest absolute Gasteiger partial charge is 0.375 e. The molecule has 5 aliphatic rings. The molecule has 1 aromatic rings. The lowest BCUT2D eigenvalue weighted by Crippen LogP contribution is -2.63. The van der Waals surface area contributed by atoms with Gasteiger partial charge in [0.2, 0.25) is 10.9 Å². The number of allylic oxidation sites excluding steroid dienone is 2. The molecule has 6 rings (SSSR count). The van der Waals surface area contributed by atoms with Gasteiger partial charge in [-0.1, -0.05) is 25.5 Å². The molecule has 1 aromatic heterocycles. The van der Waals surface area contributed by atoms with Gasteiger partial charge in [0.05, 0.1) is 12.4 Å². The standard InChI is InChI=1S/C29H33NO7S/c1-16-13-20-19-9-8-17-14-18(31)10-11-26(17,2)29(19)22(36-29)15-27(20,3)28(16,24(33)38-25(34)30(4)5)37-23(32)21-7-6-12-35-21/h6-7,10-12,14,16,19-20,22H,8-9,13,15H2,1-5H3/t16-,19?,20?,22+,26+,27+,28+,29-/m1/s1. The Hall–Kier alpha value is -2.65. The van der Waals surface area contributed by atoms with Crippen LogP contribution in [0.5, 0.6) is 0 Å². The van der Waals surface area contributed by atoms with Crippen molar-refractivity contribution in [1.82, 2.24) is 4.90 Å². The van der Waals surface area contributed by atoms with Gasteiger partial charge in [-0.2, -0.15) is 0 Å². The molecule has 4 fully saturated rings. The van der Waals surface area contributed by atoms with Crippen LogP contribution in [0.4, 0.5) is 4.79 Å². The van der Waals surface area contributed by atoms with E-state index < -0.39 is 38.4 Å². The van der Waals surface area contributed by atoms with Crippen molar-refractivity contribution in [1.29, 1.82) is 0 Å². The van der Waals surface area contributed by atoms with Gasteiger partial charge < -0.3 is 18.8 Å². The molecule has 8 atom stereocenters. The van der Waals surface area contributed by atoms with Crippen LogP contribution in [0.3, 0.4) is 0 Å². The summed E-state index contributed by atoms with van der Waals surface area (Å²) in [6, 6.07) is 3.11. The first-order chi connectivity index (χ1) is 17.9. The van der Waals surface area contributed by atoms with Crippen LogP contribution in [0.2, 0.25) is 0 Å². The molecular formula is C29H33NO7S. The molecule has 3 saturated carbocycles. The number of rotatable bonds is 3. The number of hydrogen-bond donors (Lipinski definition) is 0. The zero-order chi connectivity index (χ0) is 27.3. The highest BCUT2D eigenvalue weighted by atomic mass is 32.2. The van der Waals surface area contributed by atoms with Gasteiger partial charge in [0.25, 0.3) is 5.24 Å². The van der Waals surface area contributed by atoms with E-state index in [-0.39, 0.29) is 35.4 Å². The van der Waals surface area contributed by atoms with Crippen LogP contribution < -0.4 is 0 Å². The van der Waals surface area contributed by atoms with Crippen molar-refractivity contribution < 1.29 is 33.1 Å². The highest BCUT2D eigenvalue weighted by Gasteiger charge is 2.83. The summed E-state index contributed by atoms with van der Waals surface area (Å²) in [5.41, 5.74) is -2.03. The van der Waals surface area contributed by atoms with E-state index in [9.17, 15) is 19.2 Å². The van der Waals surface area contributed by atoms with Crippen molar-refractivity contribution in [3.05, 3.63) is 48.0 Å². The maximum absolute atomic E-state index is 14.2. The van der Waals surface area contributed by atoms with E-state index in [1.807, 2.05) is 19.9 Å². The van der Waals surface area contributed by atoms with E-state index >= 15 is 0 Å². The highest BCUT2D eigenvalue weighted by Crippen LogP contribution is 2.77.